The molecule has 5 nitrogen and oxygen atoms in total. The van der Waals surface area contributed by atoms with E-state index in [0.717, 1.165) is 12.8 Å². The van der Waals surface area contributed by atoms with Gasteiger partial charge in [0.1, 0.15) is 0 Å². The molecule has 0 spiro atoms. The second kappa shape index (κ2) is 7.80. The maximum atomic E-state index is 12.9. The summed E-state index contributed by atoms with van der Waals surface area (Å²) in [6.07, 6.45) is 5.23. The Morgan fingerprint density at radius 2 is 1.89 bits per heavy atom. The number of aliphatic hydroxyl groups is 2. The van der Waals surface area contributed by atoms with E-state index < -0.39 is 5.41 Å². The highest BCUT2D eigenvalue weighted by molar-refractivity contribution is 5.75. The normalized spacial score (nSPS) is 23.6. The molecule has 1 aromatic carbocycles. The zero-order valence-corrected chi connectivity index (χ0v) is 16.9. The van der Waals surface area contributed by atoms with Crippen molar-refractivity contribution in [3.05, 3.63) is 34.9 Å². The van der Waals surface area contributed by atoms with E-state index in [-0.39, 0.29) is 30.7 Å². The van der Waals surface area contributed by atoms with Gasteiger partial charge in [0, 0.05) is 30.0 Å². The van der Waals surface area contributed by atoms with Gasteiger partial charge in [-0.25, -0.2) is 4.79 Å². The summed E-state index contributed by atoms with van der Waals surface area (Å²) in [5, 5.41) is 22.5. The Bertz CT molecular complexity index is 678. The molecule has 1 heterocycles. The number of aryl methyl sites for hydroxylation is 2. The number of carbonyl (C=O) groups excluding carboxylic acids is 1. The van der Waals surface area contributed by atoms with E-state index in [4.69, 9.17) is 0 Å². The number of nitrogens with zero attached hydrogens (tertiary/aromatic N) is 1. The first-order valence-electron chi connectivity index (χ1n) is 10.2. The fourth-order valence-electron chi connectivity index (χ4n) is 5.22. The van der Waals surface area contributed by atoms with Crippen LogP contribution < -0.4 is 5.32 Å². The summed E-state index contributed by atoms with van der Waals surface area (Å²) in [6, 6.07) is 6.58. The van der Waals surface area contributed by atoms with Crippen LogP contribution in [0.2, 0.25) is 0 Å². The van der Waals surface area contributed by atoms with Crippen LogP contribution in [0.1, 0.15) is 55.7 Å². The molecule has 3 N–H and O–H groups in total. The van der Waals surface area contributed by atoms with Crippen LogP contribution in [0.4, 0.5) is 4.79 Å². The van der Waals surface area contributed by atoms with E-state index in [1.165, 1.54) is 29.5 Å². The van der Waals surface area contributed by atoms with Crippen molar-refractivity contribution >= 4 is 6.03 Å². The van der Waals surface area contributed by atoms with Crippen molar-refractivity contribution < 1.29 is 15.0 Å². The number of benzene rings is 1. The molecule has 1 aliphatic heterocycles. The van der Waals surface area contributed by atoms with Crippen molar-refractivity contribution in [2.75, 3.05) is 26.3 Å². The van der Waals surface area contributed by atoms with E-state index in [2.05, 4.69) is 37.4 Å². The Balaban J connectivity index is 1.72. The van der Waals surface area contributed by atoms with Crippen LogP contribution in [-0.4, -0.2) is 53.5 Å². The molecular weight excluding hydrogens is 340 g/mol. The minimum absolute atomic E-state index is 0.0153. The zero-order chi connectivity index (χ0) is 19.7. The van der Waals surface area contributed by atoms with E-state index in [1.807, 2.05) is 6.92 Å². The van der Waals surface area contributed by atoms with Crippen molar-refractivity contribution in [3.8, 4) is 0 Å². The lowest BCUT2D eigenvalue weighted by molar-refractivity contribution is 0.0638. The number of hydrogen-bond donors (Lipinski definition) is 3. The molecule has 1 aromatic rings. The highest BCUT2D eigenvalue weighted by Gasteiger charge is 2.44. The van der Waals surface area contributed by atoms with Gasteiger partial charge in [-0.2, -0.15) is 0 Å². The van der Waals surface area contributed by atoms with Gasteiger partial charge in [0.15, 0.2) is 0 Å². The van der Waals surface area contributed by atoms with Gasteiger partial charge in [-0.3, -0.25) is 0 Å². The molecule has 1 aliphatic carbocycles. The second-order valence-corrected chi connectivity index (χ2v) is 8.96. The van der Waals surface area contributed by atoms with Gasteiger partial charge < -0.3 is 20.4 Å². The van der Waals surface area contributed by atoms with Gasteiger partial charge in [0.2, 0.25) is 0 Å². The molecule has 2 fully saturated rings. The predicted molar refractivity (Wildman–Crippen MR) is 107 cm³/mol. The van der Waals surface area contributed by atoms with E-state index in [1.54, 1.807) is 4.90 Å². The van der Waals surface area contributed by atoms with Gasteiger partial charge >= 0.3 is 6.03 Å². The van der Waals surface area contributed by atoms with Crippen LogP contribution in [0.25, 0.3) is 0 Å². The Hall–Kier alpha value is -1.59. The van der Waals surface area contributed by atoms with Crippen molar-refractivity contribution in [2.24, 2.45) is 5.41 Å². The molecule has 2 aliphatic rings. The van der Waals surface area contributed by atoms with E-state index in [9.17, 15) is 15.0 Å². The lowest BCUT2D eigenvalue weighted by Gasteiger charge is -2.33. The van der Waals surface area contributed by atoms with Gasteiger partial charge in [-0.05, 0) is 51.2 Å². The molecule has 1 saturated heterocycles. The fourth-order valence-corrected chi connectivity index (χ4v) is 5.22. The summed E-state index contributed by atoms with van der Waals surface area (Å²) in [5.41, 5.74) is 3.38. The average molecular weight is 375 g/mol. The summed E-state index contributed by atoms with van der Waals surface area (Å²) >= 11 is 0. The van der Waals surface area contributed by atoms with Gasteiger partial charge in [0.25, 0.3) is 0 Å². The van der Waals surface area contributed by atoms with Gasteiger partial charge in [0.05, 0.1) is 13.2 Å². The minimum Gasteiger partial charge on any atom is -0.396 e. The van der Waals surface area contributed by atoms with Crippen LogP contribution in [0.3, 0.4) is 0 Å². The number of carbonyl (C=O) groups is 1. The SMILES string of the molecule is Cc1ccc(C2(CNC(=O)N3CC(CO)(CO)CC3C)CCCC2)c(C)c1. The van der Waals surface area contributed by atoms with Crippen LogP contribution in [-0.2, 0) is 5.41 Å². The molecule has 0 aromatic heterocycles. The standard InChI is InChI=1S/C22H34N2O3/c1-16-6-7-19(17(2)10-16)22(8-4-5-9-22)12-23-20(27)24-13-21(14-25,15-26)11-18(24)3/h6-7,10,18,25-26H,4-5,8-9,11-15H2,1-3H3,(H,23,27). The summed E-state index contributed by atoms with van der Waals surface area (Å²) in [5.74, 6) is 0. The third-order valence-electron chi connectivity index (χ3n) is 6.79. The lowest BCUT2D eigenvalue weighted by Crippen LogP contribution is -2.48. The number of likely N-dealkylation sites (tertiary alicyclic amines) is 1. The quantitative estimate of drug-likeness (QED) is 0.742. The van der Waals surface area contributed by atoms with Crippen LogP contribution in [0, 0.1) is 19.3 Å². The summed E-state index contributed by atoms with van der Waals surface area (Å²) in [4.78, 5) is 14.7. The Labute approximate surface area is 162 Å². The molecule has 0 radical (unpaired) electrons. The third-order valence-corrected chi connectivity index (χ3v) is 6.79. The number of nitrogens with one attached hydrogen (secondary N) is 1. The lowest BCUT2D eigenvalue weighted by atomic mass is 9.76. The monoisotopic (exact) mass is 374 g/mol. The number of amides is 2. The van der Waals surface area contributed by atoms with E-state index in [0.29, 0.717) is 19.5 Å². The molecule has 3 rings (SSSR count). The summed E-state index contributed by atoms with van der Waals surface area (Å²) in [6.45, 7) is 7.14. The molecule has 1 atom stereocenters. The molecule has 27 heavy (non-hydrogen) atoms. The first kappa shape index (κ1) is 20.2. The van der Waals surface area contributed by atoms with Crippen LogP contribution >= 0.6 is 0 Å². The highest BCUT2D eigenvalue weighted by atomic mass is 16.3. The predicted octanol–water partition coefficient (Wildman–Crippen LogP) is 2.89. The first-order chi connectivity index (χ1) is 12.8. The molecule has 5 heteroatoms. The molecular formula is C22H34N2O3. The molecule has 2 amide bonds. The van der Waals surface area contributed by atoms with Gasteiger partial charge in [-0.1, -0.05) is 36.6 Å². The third kappa shape index (κ3) is 3.85. The number of aliphatic hydroxyl groups excluding tert-OH is 2. The van der Waals surface area contributed by atoms with Gasteiger partial charge in [-0.15, -0.1) is 0 Å². The van der Waals surface area contributed by atoms with Crippen molar-refractivity contribution in [2.45, 2.75) is 64.3 Å². The maximum Gasteiger partial charge on any atom is 0.317 e. The highest BCUT2D eigenvalue weighted by Crippen LogP contribution is 2.42. The minimum atomic E-state index is -0.574. The average Bonchev–Trinajstić information content (AvgIpc) is 3.25. The van der Waals surface area contributed by atoms with E-state index >= 15 is 0 Å². The van der Waals surface area contributed by atoms with Crippen molar-refractivity contribution in [1.29, 1.82) is 0 Å². The Morgan fingerprint density at radius 3 is 2.44 bits per heavy atom. The van der Waals surface area contributed by atoms with Crippen molar-refractivity contribution in [3.63, 3.8) is 0 Å². The smallest absolute Gasteiger partial charge is 0.317 e. The maximum absolute atomic E-state index is 12.9. The largest absolute Gasteiger partial charge is 0.396 e. The zero-order valence-electron chi connectivity index (χ0n) is 16.9. The summed E-state index contributed by atoms with van der Waals surface area (Å²) < 4.78 is 0. The second-order valence-electron chi connectivity index (χ2n) is 8.96. The molecule has 0 bridgehead atoms. The number of rotatable bonds is 5. The summed E-state index contributed by atoms with van der Waals surface area (Å²) in [7, 11) is 0. The van der Waals surface area contributed by atoms with Crippen LogP contribution in [0.5, 0.6) is 0 Å². The first-order valence-corrected chi connectivity index (χ1v) is 10.2. The van der Waals surface area contributed by atoms with Crippen LogP contribution in [0.15, 0.2) is 18.2 Å². The number of urea groups is 1. The Morgan fingerprint density at radius 1 is 1.22 bits per heavy atom. The topological polar surface area (TPSA) is 72.8 Å². The Kier molecular flexibility index (Phi) is 5.82. The molecule has 150 valence electrons. The fraction of sp³-hybridized carbons (Fsp3) is 0.682. The number of hydrogen-bond acceptors (Lipinski definition) is 3. The van der Waals surface area contributed by atoms with Crippen molar-refractivity contribution in [1.82, 2.24) is 10.2 Å². The molecule has 1 unspecified atom stereocenters. The molecule has 1 saturated carbocycles.